The van der Waals surface area contributed by atoms with Gasteiger partial charge in [-0.05, 0) is 5.56 Å². The third kappa shape index (κ3) is 3.05. The van der Waals surface area contributed by atoms with Gasteiger partial charge in [0, 0.05) is 20.6 Å². The smallest absolute Gasteiger partial charge is 0.369 e. The SMILES string of the molecule is COP(=O)(O)C(O)(Cc1ccccc1)P(=O)(CO)OC. The monoisotopic (exact) mass is 324 g/mol. The van der Waals surface area contributed by atoms with Gasteiger partial charge in [0.2, 0.25) is 5.08 Å². The van der Waals surface area contributed by atoms with Gasteiger partial charge in [-0.3, -0.25) is 9.13 Å². The number of aliphatic hydroxyl groups is 2. The van der Waals surface area contributed by atoms with Crippen LogP contribution in [-0.4, -0.2) is 40.8 Å². The Kier molecular flexibility index (Phi) is 5.70. The van der Waals surface area contributed by atoms with Crippen LogP contribution in [0, 0.1) is 0 Å². The van der Waals surface area contributed by atoms with E-state index in [0.717, 1.165) is 14.2 Å². The molecule has 0 spiro atoms. The van der Waals surface area contributed by atoms with Crippen LogP contribution in [0.2, 0.25) is 0 Å². The van der Waals surface area contributed by atoms with Gasteiger partial charge in [-0.25, -0.2) is 0 Å². The van der Waals surface area contributed by atoms with E-state index in [4.69, 9.17) is 0 Å². The molecule has 1 rings (SSSR count). The molecule has 9 heteroatoms. The Balaban J connectivity index is 3.36. The van der Waals surface area contributed by atoms with Gasteiger partial charge in [-0.2, -0.15) is 0 Å². The molecule has 3 unspecified atom stereocenters. The number of hydrogen-bond donors (Lipinski definition) is 3. The Morgan fingerprint density at radius 2 is 1.70 bits per heavy atom. The second kappa shape index (κ2) is 6.50. The van der Waals surface area contributed by atoms with Crippen molar-refractivity contribution in [3.8, 4) is 0 Å². The first-order valence-electron chi connectivity index (χ1n) is 5.67. The first-order chi connectivity index (χ1) is 9.26. The Morgan fingerprint density at radius 3 is 2.10 bits per heavy atom. The summed E-state index contributed by atoms with van der Waals surface area (Å²) in [5.41, 5.74) is 0.451. The number of rotatable bonds is 7. The van der Waals surface area contributed by atoms with E-state index >= 15 is 0 Å². The highest BCUT2D eigenvalue weighted by Crippen LogP contribution is 2.74. The molecule has 114 valence electrons. The van der Waals surface area contributed by atoms with Gasteiger partial charge >= 0.3 is 7.60 Å². The summed E-state index contributed by atoms with van der Waals surface area (Å²) in [4.78, 5) is 9.82. The predicted octanol–water partition coefficient (Wildman–Crippen LogP) is 1.58. The maximum Gasteiger partial charge on any atom is 0.369 e. The lowest BCUT2D eigenvalue weighted by molar-refractivity contribution is 0.129. The lowest BCUT2D eigenvalue weighted by Gasteiger charge is -2.35. The molecule has 0 aliphatic rings. The van der Waals surface area contributed by atoms with E-state index in [0.29, 0.717) is 5.56 Å². The van der Waals surface area contributed by atoms with Crippen molar-refractivity contribution in [3.05, 3.63) is 35.9 Å². The van der Waals surface area contributed by atoms with E-state index in [1.54, 1.807) is 30.3 Å². The van der Waals surface area contributed by atoms with Crippen LogP contribution in [0.4, 0.5) is 0 Å². The summed E-state index contributed by atoms with van der Waals surface area (Å²) in [6.07, 6.45) is -1.54. The summed E-state index contributed by atoms with van der Waals surface area (Å²) >= 11 is 0. The fourth-order valence-electron chi connectivity index (χ4n) is 1.75. The van der Waals surface area contributed by atoms with Gasteiger partial charge in [0.1, 0.15) is 6.35 Å². The van der Waals surface area contributed by atoms with Crippen molar-refractivity contribution in [2.75, 3.05) is 20.6 Å². The number of aliphatic hydroxyl groups excluding tert-OH is 1. The maximum atomic E-state index is 12.4. The molecule has 0 heterocycles. The van der Waals surface area contributed by atoms with Crippen LogP contribution in [0.1, 0.15) is 5.56 Å². The van der Waals surface area contributed by atoms with Crippen LogP contribution >= 0.6 is 15.0 Å². The van der Waals surface area contributed by atoms with Crippen molar-refractivity contribution in [2.24, 2.45) is 0 Å². The van der Waals surface area contributed by atoms with Gasteiger partial charge in [-0.1, -0.05) is 30.3 Å². The largest absolute Gasteiger partial charge is 0.386 e. The van der Waals surface area contributed by atoms with Crippen LogP contribution in [0.15, 0.2) is 30.3 Å². The fourth-order valence-corrected chi connectivity index (χ4v) is 5.70. The lowest BCUT2D eigenvalue weighted by Crippen LogP contribution is -2.34. The van der Waals surface area contributed by atoms with Gasteiger partial charge in [0.15, 0.2) is 0 Å². The average Bonchev–Trinajstić information content (AvgIpc) is 2.46. The molecule has 0 radical (unpaired) electrons. The van der Waals surface area contributed by atoms with Crippen molar-refractivity contribution in [2.45, 2.75) is 11.5 Å². The number of benzene rings is 1. The van der Waals surface area contributed by atoms with Gasteiger partial charge in [0.25, 0.3) is 7.37 Å². The molecule has 0 bridgehead atoms. The van der Waals surface area contributed by atoms with E-state index < -0.39 is 32.8 Å². The second-order valence-corrected chi connectivity index (χ2v) is 9.37. The van der Waals surface area contributed by atoms with Crippen LogP contribution < -0.4 is 0 Å². The molecule has 7 nitrogen and oxygen atoms in total. The fraction of sp³-hybridized carbons (Fsp3) is 0.455. The van der Waals surface area contributed by atoms with E-state index in [2.05, 4.69) is 9.05 Å². The van der Waals surface area contributed by atoms with Crippen molar-refractivity contribution in [1.29, 1.82) is 0 Å². The summed E-state index contributed by atoms with van der Waals surface area (Å²) in [6, 6.07) is 8.19. The molecule has 0 fully saturated rings. The highest BCUT2D eigenvalue weighted by Gasteiger charge is 2.61. The van der Waals surface area contributed by atoms with E-state index in [1.807, 2.05) is 0 Å². The normalized spacial score (nSPS) is 20.6. The molecule has 0 aliphatic carbocycles. The zero-order valence-electron chi connectivity index (χ0n) is 11.2. The zero-order valence-corrected chi connectivity index (χ0v) is 13.0. The Bertz CT molecular complexity index is 525. The third-order valence-electron chi connectivity index (χ3n) is 3.01. The highest BCUT2D eigenvalue weighted by molar-refractivity contribution is 7.75. The topological polar surface area (TPSA) is 113 Å². The van der Waals surface area contributed by atoms with Gasteiger partial charge in [-0.15, -0.1) is 0 Å². The standard InChI is InChI=1S/C11H18O7P2/c1-17-19(14,9-12)11(13,20(15,16)18-2)8-10-6-4-3-5-7-10/h3-7,12-13H,8-9H2,1-2H3,(H,15,16). The first kappa shape index (κ1) is 17.5. The predicted molar refractivity (Wildman–Crippen MR) is 73.6 cm³/mol. The van der Waals surface area contributed by atoms with Gasteiger partial charge < -0.3 is 24.2 Å². The molecule has 0 amide bonds. The van der Waals surface area contributed by atoms with E-state index in [-0.39, 0.29) is 0 Å². The Labute approximate surface area is 117 Å². The van der Waals surface area contributed by atoms with Crippen LogP contribution in [0.3, 0.4) is 0 Å². The molecule has 20 heavy (non-hydrogen) atoms. The summed E-state index contributed by atoms with van der Waals surface area (Å²) < 4.78 is 33.6. The molecule has 3 atom stereocenters. The molecule has 0 saturated carbocycles. The molecule has 1 aromatic rings. The minimum atomic E-state index is -4.71. The van der Waals surface area contributed by atoms with Crippen molar-refractivity contribution < 1.29 is 33.3 Å². The first-order valence-corrected chi connectivity index (χ1v) is 9.06. The second-order valence-electron chi connectivity index (χ2n) is 4.14. The minimum Gasteiger partial charge on any atom is -0.386 e. The maximum absolute atomic E-state index is 12.4. The Hall–Kier alpha value is -0.520. The average molecular weight is 324 g/mol. The van der Waals surface area contributed by atoms with Crippen molar-refractivity contribution in [3.63, 3.8) is 0 Å². The third-order valence-corrected chi connectivity index (χ3v) is 8.45. The minimum absolute atomic E-state index is 0.451. The van der Waals surface area contributed by atoms with Crippen molar-refractivity contribution >= 4 is 15.0 Å². The summed E-state index contributed by atoms with van der Waals surface area (Å²) in [5.74, 6) is 0. The molecular formula is C11H18O7P2. The molecular weight excluding hydrogens is 306 g/mol. The molecule has 1 aromatic carbocycles. The van der Waals surface area contributed by atoms with E-state index in [9.17, 15) is 24.2 Å². The van der Waals surface area contributed by atoms with Crippen LogP contribution in [0.25, 0.3) is 0 Å². The molecule has 0 saturated heterocycles. The van der Waals surface area contributed by atoms with Crippen LogP contribution in [-0.2, 0) is 24.6 Å². The van der Waals surface area contributed by atoms with Gasteiger partial charge in [0.05, 0.1) is 0 Å². The summed E-state index contributed by atoms with van der Waals surface area (Å²) in [6.45, 7) is 0. The quantitative estimate of drug-likeness (QED) is 0.653. The summed E-state index contributed by atoms with van der Waals surface area (Å²) in [5, 5.41) is 17.0. The highest BCUT2D eigenvalue weighted by atomic mass is 31.2. The number of hydrogen-bond acceptors (Lipinski definition) is 6. The molecule has 0 aromatic heterocycles. The Morgan fingerprint density at radius 1 is 1.15 bits per heavy atom. The van der Waals surface area contributed by atoms with E-state index in [1.165, 1.54) is 0 Å². The zero-order chi connectivity index (χ0) is 15.4. The molecule has 3 N–H and O–H groups in total. The molecule has 0 aliphatic heterocycles. The summed E-state index contributed by atoms with van der Waals surface area (Å²) in [7, 11) is -7.04. The van der Waals surface area contributed by atoms with Crippen LogP contribution in [0.5, 0.6) is 0 Å². The lowest BCUT2D eigenvalue weighted by atomic mass is 10.2. The van der Waals surface area contributed by atoms with Crippen molar-refractivity contribution in [1.82, 2.24) is 0 Å².